The smallest absolute Gasteiger partial charge is 0.0565 e. The molecule has 14 heavy (non-hydrogen) atoms. The molecule has 1 fully saturated rings. The van der Waals surface area contributed by atoms with Crippen LogP contribution >= 0.6 is 0 Å². The Hall–Kier alpha value is -0.0800. The van der Waals surface area contributed by atoms with Gasteiger partial charge < -0.3 is 10.1 Å². The summed E-state index contributed by atoms with van der Waals surface area (Å²) in [4.78, 5) is 0. The van der Waals surface area contributed by atoms with Gasteiger partial charge in [-0.1, -0.05) is 13.3 Å². The fourth-order valence-electron chi connectivity index (χ4n) is 2.46. The van der Waals surface area contributed by atoms with E-state index in [-0.39, 0.29) is 0 Å². The Morgan fingerprint density at radius 2 is 1.86 bits per heavy atom. The van der Waals surface area contributed by atoms with E-state index in [1.54, 1.807) is 0 Å². The van der Waals surface area contributed by atoms with Gasteiger partial charge in [0.15, 0.2) is 0 Å². The molecule has 3 atom stereocenters. The topological polar surface area (TPSA) is 21.3 Å². The first-order valence-electron chi connectivity index (χ1n) is 6.03. The van der Waals surface area contributed by atoms with Crippen molar-refractivity contribution in [2.45, 2.75) is 77.7 Å². The zero-order valence-corrected chi connectivity index (χ0v) is 10.0. The lowest BCUT2D eigenvalue weighted by Gasteiger charge is -2.34. The zero-order chi connectivity index (χ0) is 10.6. The molecule has 2 nitrogen and oxygen atoms in total. The first-order chi connectivity index (χ1) is 6.61. The monoisotopic (exact) mass is 199 g/mol. The van der Waals surface area contributed by atoms with Crippen molar-refractivity contribution in [2.24, 2.45) is 0 Å². The molecular weight excluding hydrogens is 174 g/mol. The molecule has 0 spiro atoms. The van der Waals surface area contributed by atoms with Crippen molar-refractivity contribution >= 4 is 0 Å². The van der Waals surface area contributed by atoms with Crippen LogP contribution < -0.4 is 5.32 Å². The Morgan fingerprint density at radius 3 is 2.36 bits per heavy atom. The number of ether oxygens (including phenoxy) is 1. The van der Waals surface area contributed by atoms with Crippen LogP contribution in [0.3, 0.4) is 0 Å². The highest BCUT2D eigenvalue weighted by Crippen LogP contribution is 2.19. The molecule has 1 saturated heterocycles. The molecule has 84 valence electrons. The third kappa shape index (κ3) is 3.97. The van der Waals surface area contributed by atoms with Gasteiger partial charge in [-0.3, -0.25) is 0 Å². The summed E-state index contributed by atoms with van der Waals surface area (Å²) in [5.41, 5.74) is 0. The van der Waals surface area contributed by atoms with Crippen LogP contribution in [0.1, 0.15) is 53.4 Å². The van der Waals surface area contributed by atoms with Gasteiger partial charge in [-0.05, 0) is 40.0 Å². The van der Waals surface area contributed by atoms with Crippen molar-refractivity contribution in [3.8, 4) is 0 Å². The van der Waals surface area contributed by atoms with E-state index in [0.717, 1.165) is 0 Å². The van der Waals surface area contributed by atoms with Crippen LogP contribution in [0.15, 0.2) is 0 Å². The molecule has 0 saturated carbocycles. The minimum Gasteiger partial charge on any atom is -0.375 e. The molecule has 0 aromatic rings. The lowest BCUT2D eigenvalue weighted by atomic mass is 9.98. The van der Waals surface area contributed by atoms with Crippen molar-refractivity contribution in [3.05, 3.63) is 0 Å². The number of rotatable bonds is 4. The highest BCUT2D eigenvalue weighted by molar-refractivity contribution is 4.80. The van der Waals surface area contributed by atoms with Gasteiger partial charge in [0.2, 0.25) is 0 Å². The predicted octanol–water partition coefficient (Wildman–Crippen LogP) is 2.72. The van der Waals surface area contributed by atoms with Crippen molar-refractivity contribution in [3.63, 3.8) is 0 Å². The highest BCUT2D eigenvalue weighted by Gasteiger charge is 2.24. The molecule has 1 heterocycles. The first kappa shape index (κ1) is 12.0. The zero-order valence-electron chi connectivity index (χ0n) is 10.0. The Labute approximate surface area is 88.4 Å². The lowest BCUT2D eigenvalue weighted by Crippen LogP contribution is -2.44. The molecule has 1 rings (SSSR count). The fraction of sp³-hybridized carbons (Fsp3) is 1.00. The number of hydrogen-bond donors (Lipinski definition) is 1. The van der Waals surface area contributed by atoms with Gasteiger partial charge in [0, 0.05) is 12.1 Å². The molecule has 2 heteroatoms. The Balaban J connectivity index is 2.29. The van der Waals surface area contributed by atoms with E-state index in [1.807, 2.05) is 0 Å². The molecule has 0 aromatic heterocycles. The van der Waals surface area contributed by atoms with Crippen molar-refractivity contribution in [1.29, 1.82) is 0 Å². The molecule has 3 unspecified atom stereocenters. The summed E-state index contributed by atoms with van der Waals surface area (Å²) in [6.45, 7) is 8.88. The van der Waals surface area contributed by atoms with Gasteiger partial charge in [0.05, 0.1) is 12.2 Å². The summed E-state index contributed by atoms with van der Waals surface area (Å²) in [5, 5.41) is 3.70. The highest BCUT2D eigenvalue weighted by atomic mass is 16.5. The average molecular weight is 199 g/mol. The van der Waals surface area contributed by atoms with Crippen LogP contribution in [0.5, 0.6) is 0 Å². The van der Waals surface area contributed by atoms with Gasteiger partial charge in [-0.2, -0.15) is 0 Å². The number of hydrogen-bond acceptors (Lipinski definition) is 2. The van der Waals surface area contributed by atoms with E-state index in [4.69, 9.17) is 4.74 Å². The molecule has 0 radical (unpaired) electrons. The van der Waals surface area contributed by atoms with Crippen LogP contribution in [-0.2, 0) is 4.74 Å². The quantitative estimate of drug-likeness (QED) is 0.751. The molecule has 0 aromatic carbocycles. The normalized spacial score (nSPS) is 35.6. The third-order valence-corrected chi connectivity index (χ3v) is 2.94. The summed E-state index contributed by atoms with van der Waals surface area (Å²) in [6, 6.07) is 1.32. The van der Waals surface area contributed by atoms with Gasteiger partial charge >= 0.3 is 0 Å². The van der Waals surface area contributed by atoms with Crippen LogP contribution in [-0.4, -0.2) is 24.3 Å². The summed E-state index contributed by atoms with van der Waals surface area (Å²) >= 11 is 0. The molecule has 0 amide bonds. The Morgan fingerprint density at radius 1 is 1.29 bits per heavy atom. The molecule has 1 N–H and O–H groups in total. The maximum Gasteiger partial charge on any atom is 0.0565 e. The van der Waals surface area contributed by atoms with Crippen LogP contribution in [0.2, 0.25) is 0 Å². The van der Waals surface area contributed by atoms with Crippen molar-refractivity contribution in [1.82, 2.24) is 5.32 Å². The van der Waals surface area contributed by atoms with Crippen LogP contribution in [0, 0.1) is 0 Å². The van der Waals surface area contributed by atoms with Crippen LogP contribution in [0.25, 0.3) is 0 Å². The molecule has 0 aliphatic carbocycles. The van der Waals surface area contributed by atoms with Crippen LogP contribution in [0.4, 0.5) is 0 Å². The molecule has 0 bridgehead atoms. The number of nitrogens with one attached hydrogen (secondary N) is 1. The minimum atomic E-state index is 0.421. The second-order valence-corrected chi connectivity index (χ2v) is 4.78. The summed E-state index contributed by atoms with van der Waals surface area (Å²) in [6.07, 6.45) is 5.72. The first-order valence-corrected chi connectivity index (χ1v) is 6.03. The minimum absolute atomic E-state index is 0.421. The maximum atomic E-state index is 5.72. The second-order valence-electron chi connectivity index (χ2n) is 4.78. The fourth-order valence-corrected chi connectivity index (χ4v) is 2.46. The molecule has 1 aliphatic heterocycles. The van der Waals surface area contributed by atoms with E-state index < -0.39 is 0 Å². The van der Waals surface area contributed by atoms with E-state index in [9.17, 15) is 0 Å². The van der Waals surface area contributed by atoms with Gasteiger partial charge in [0.25, 0.3) is 0 Å². The van der Waals surface area contributed by atoms with E-state index in [2.05, 4.69) is 33.0 Å². The van der Waals surface area contributed by atoms with E-state index in [0.29, 0.717) is 24.3 Å². The van der Waals surface area contributed by atoms with Crippen molar-refractivity contribution in [2.75, 3.05) is 0 Å². The van der Waals surface area contributed by atoms with Crippen molar-refractivity contribution < 1.29 is 4.74 Å². The summed E-state index contributed by atoms with van der Waals surface area (Å²) in [7, 11) is 0. The standard InChI is InChI=1S/C12H25NO/c1-5-6-9(2)13-12-7-10(3)14-11(4)8-12/h9-13H,5-8H2,1-4H3. The average Bonchev–Trinajstić information content (AvgIpc) is 2.01. The van der Waals surface area contributed by atoms with Gasteiger partial charge in [0.1, 0.15) is 0 Å². The molecule has 1 aliphatic rings. The Kier molecular flexibility index (Phi) is 4.90. The van der Waals surface area contributed by atoms with E-state index >= 15 is 0 Å². The summed E-state index contributed by atoms with van der Waals surface area (Å²) < 4.78 is 5.72. The summed E-state index contributed by atoms with van der Waals surface area (Å²) in [5.74, 6) is 0. The lowest BCUT2D eigenvalue weighted by molar-refractivity contribution is -0.0434. The largest absolute Gasteiger partial charge is 0.375 e. The predicted molar refractivity (Wildman–Crippen MR) is 60.5 cm³/mol. The van der Waals surface area contributed by atoms with E-state index in [1.165, 1.54) is 25.7 Å². The van der Waals surface area contributed by atoms with Gasteiger partial charge in [-0.15, -0.1) is 0 Å². The van der Waals surface area contributed by atoms with Gasteiger partial charge in [-0.25, -0.2) is 0 Å². The molecular formula is C12H25NO. The SMILES string of the molecule is CCCC(C)NC1CC(C)OC(C)C1. The second kappa shape index (κ2) is 5.72. The third-order valence-electron chi connectivity index (χ3n) is 2.94. The Bertz CT molecular complexity index is 150. The maximum absolute atomic E-state index is 5.72.